The number of hydrogen-bond donors (Lipinski definition) is 2. The Balaban J connectivity index is 1.60. The molecular formula is C32H32N2O4S. The van der Waals surface area contributed by atoms with Crippen molar-refractivity contribution in [3.8, 4) is 11.5 Å². The molecule has 0 aliphatic heterocycles. The fourth-order valence-electron chi connectivity index (χ4n) is 4.34. The molecule has 0 saturated carbocycles. The van der Waals surface area contributed by atoms with Gasteiger partial charge in [0.15, 0.2) is 0 Å². The number of aryl methyl sites for hydroxylation is 2. The maximum absolute atomic E-state index is 13.7. The minimum atomic E-state index is -0.504. The van der Waals surface area contributed by atoms with Crippen molar-refractivity contribution in [2.45, 2.75) is 30.4 Å². The van der Waals surface area contributed by atoms with Crippen LogP contribution in [-0.4, -0.2) is 26.0 Å². The molecule has 4 aromatic rings. The van der Waals surface area contributed by atoms with E-state index in [4.69, 9.17) is 9.47 Å². The number of para-hydroxylation sites is 1. The van der Waals surface area contributed by atoms with Gasteiger partial charge in [-0.25, -0.2) is 0 Å². The first kappa shape index (κ1) is 27.8. The lowest BCUT2D eigenvalue weighted by atomic mass is 10.1. The van der Waals surface area contributed by atoms with E-state index in [9.17, 15) is 9.59 Å². The first-order chi connectivity index (χ1) is 18.9. The summed E-state index contributed by atoms with van der Waals surface area (Å²) < 4.78 is 10.8. The second-order valence-corrected chi connectivity index (χ2v) is 10.1. The molecule has 39 heavy (non-hydrogen) atoms. The van der Waals surface area contributed by atoms with E-state index in [-0.39, 0.29) is 11.8 Å². The Morgan fingerprint density at radius 1 is 0.821 bits per heavy atom. The highest BCUT2D eigenvalue weighted by atomic mass is 32.2. The smallest absolute Gasteiger partial charge is 0.263 e. The molecule has 1 atom stereocenters. The summed E-state index contributed by atoms with van der Waals surface area (Å²) in [7, 11) is 3.02. The van der Waals surface area contributed by atoms with Gasteiger partial charge < -0.3 is 20.1 Å². The van der Waals surface area contributed by atoms with Gasteiger partial charge >= 0.3 is 0 Å². The number of amides is 2. The molecule has 4 rings (SSSR count). The van der Waals surface area contributed by atoms with E-state index in [0.717, 1.165) is 33.7 Å². The highest BCUT2D eigenvalue weighted by Gasteiger charge is 2.24. The van der Waals surface area contributed by atoms with Gasteiger partial charge in [0.25, 0.3) is 5.91 Å². The van der Waals surface area contributed by atoms with Crippen LogP contribution < -0.4 is 20.1 Å². The summed E-state index contributed by atoms with van der Waals surface area (Å²) in [4.78, 5) is 27.7. The molecule has 7 heteroatoms. The van der Waals surface area contributed by atoms with Crippen LogP contribution in [0.4, 0.5) is 11.4 Å². The summed E-state index contributed by atoms with van der Waals surface area (Å²) in [5.41, 5.74) is 4.77. The molecule has 200 valence electrons. The molecule has 0 fully saturated rings. The molecule has 0 heterocycles. The number of anilines is 2. The summed E-state index contributed by atoms with van der Waals surface area (Å²) in [6.45, 7) is 4.08. The van der Waals surface area contributed by atoms with Crippen LogP contribution in [0, 0.1) is 6.92 Å². The fraction of sp³-hybridized carbons (Fsp3) is 0.188. The summed E-state index contributed by atoms with van der Waals surface area (Å²) >= 11 is 1.43. The number of hydrogen-bond acceptors (Lipinski definition) is 5. The van der Waals surface area contributed by atoms with Gasteiger partial charge in [-0.3, -0.25) is 9.59 Å². The number of carbonyl (C=O) groups excluding carboxylic acids is 2. The van der Waals surface area contributed by atoms with Gasteiger partial charge in [-0.15, -0.1) is 11.8 Å². The molecule has 0 saturated heterocycles. The van der Waals surface area contributed by atoms with Gasteiger partial charge in [-0.05, 0) is 60.4 Å². The SMILES string of the molecule is CCc1cccc(C)c1NC(=O)C(Sc1cccc(NC(=O)c2c(OC)cccc2OC)c1)c1ccccc1. The molecule has 0 aliphatic carbocycles. The number of carbonyl (C=O) groups is 2. The lowest BCUT2D eigenvalue weighted by Crippen LogP contribution is -2.20. The predicted octanol–water partition coefficient (Wildman–Crippen LogP) is 7.30. The normalized spacial score (nSPS) is 11.4. The molecule has 0 bridgehead atoms. The average molecular weight is 541 g/mol. The van der Waals surface area contributed by atoms with Gasteiger partial charge in [0, 0.05) is 16.3 Å². The standard InChI is InChI=1S/C32H32N2O4S/c1-5-22-15-9-12-21(2)29(22)34-32(36)30(23-13-7-6-8-14-23)39-25-17-10-16-24(20-25)33-31(35)28-26(37-3)18-11-19-27(28)38-4/h6-20,30H,5H2,1-4H3,(H,33,35)(H,34,36). The number of benzene rings is 4. The minimum Gasteiger partial charge on any atom is -0.496 e. The first-order valence-corrected chi connectivity index (χ1v) is 13.6. The van der Waals surface area contributed by atoms with Crippen molar-refractivity contribution in [3.05, 3.63) is 113 Å². The van der Waals surface area contributed by atoms with Crippen molar-refractivity contribution in [1.82, 2.24) is 0 Å². The molecule has 6 nitrogen and oxygen atoms in total. The number of methoxy groups -OCH3 is 2. The van der Waals surface area contributed by atoms with Crippen LogP contribution in [0.5, 0.6) is 11.5 Å². The molecular weight excluding hydrogens is 508 g/mol. The van der Waals surface area contributed by atoms with Crippen LogP contribution in [0.25, 0.3) is 0 Å². The van der Waals surface area contributed by atoms with Gasteiger partial charge in [0.2, 0.25) is 5.91 Å². The number of rotatable bonds is 10. The molecule has 0 radical (unpaired) electrons. The Hall–Kier alpha value is -4.23. The number of thioether (sulfide) groups is 1. The average Bonchev–Trinajstić information content (AvgIpc) is 2.96. The largest absolute Gasteiger partial charge is 0.496 e. The predicted molar refractivity (Wildman–Crippen MR) is 158 cm³/mol. The van der Waals surface area contributed by atoms with Gasteiger partial charge in [0.1, 0.15) is 22.3 Å². The Kier molecular flexibility index (Phi) is 9.28. The maximum Gasteiger partial charge on any atom is 0.263 e. The zero-order valence-corrected chi connectivity index (χ0v) is 23.3. The molecule has 0 aromatic heterocycles. The Morgan fingerprint density at radius 2 is 1.49 bits per heavy atom. The van der Waals surface area contributed by atoms with Crippen molar-refractivity contribution >= 4 is 35.0 Å². The third-order valence-corrected chi connectivity index (χ3v) is 7.58. The van der Waals surface area contributed by atoms with Crippen LogP contribution in [0.2, 0.25) is 0 Å². The monoisotopic (exact) mass is 540 g/mol. The number of ether oxygens (including phenoxy) is 2. The topological polar surface area (TPSA) is 76.7 Å². The van der Waals surface area contributed by atoms with E-state index in [1.54, 1.807) is 18.2 Å². The van der Waals surface area contributed by atoms with E-state index >= 15 is 0 Å². The quantitative estimate of drug-likeness (QED) is 0.206. The highest BCUT2D eigenvalue weighted by molar-refractivity contribution is 8.00. The van der Waals surface area contributed by atoms with E-state index in [2.05, 4.69) is 17.6 Å². The van der Waals surface area contributed by atoms with Gasteiger partial charge in [-0.2, -0.15) is 0 Å². The van der Waals surface area contributed by atoms with E-state index in [1.165, 1.54) is 26.0 Å². The van der Waals surface area contributed by atoms with Crippen LogP contribution in [-0.2, 0) is 11.2 Å². The summed E-state index contributed by atoms with van der Waals surface area (Å²) in [5.74, 6) is 0.375. The third kappa shape index (κ3) is 6.62. The van der Waals surface area contributed by atoms with Gasteiger partial charge in [0.05, 0.1) is 14.2 Å². The Bertz CT molecular complexity index is 1430. The third-order valence-electron chi connectivity index (χ3n) is 6.33. The lowest BCUT2D eigenvalue weighted by molar-refractivity contribution is -0.115. The zero-order valence-electron chi connectivity index (χ0n) is 22.5. The molecule has 4 aromatic carbocycles. The fourth-order valence-corrected chi connectivity index (χ4v) is 5.43. The Morgan fingerprint density at radius 3 is 2.15 bits per heavy atom. The molecule has 2 N–H and O–H groups in total. The van der Waals surface area contributed by atoms with E-state index in [1.807, 2.05) is 79.7 Å². The minimum absolute atomic E-state index is 0.108. The van der Waals surface area contributed by atoms with Crippen LogP contribution in [0.15, 0.2) is 95.9 Å². The van der Waals surface area contributed by atoms with Crippen LogP contribution in [0.3, 0.4) is 0 Å². The molecule has 2 amide bonds. The van der Waals surface area contributed by atoms with Crippen molar-refractivity contribution in [3.63, 3.8) is 0 Å². The van der Waals surface area contributed by atoms with Crippen molar-refractivity contribution < 1.29 is 19.1 Å². The van der Waals surface area contributed by atoms with E-state index in [0.29, 0.717) is 22.7 Å². The first-order valence-electron chi connectivity index (χ1n) is 12.7. The summed E-state index contributed by atoms with van der Waals surface area (Å²) in [6, 6.07) is 28.4. The maximum atomic E-state index is 13.7. The van der Waals surface area contributed by atoms with Crippen LogP contribution in [0.1, 0.15) is 39.2 Å². The summed E-state index contributed by atoms with van der Waals surface area (Å²) in [5, 5.41) is 5.62. The Labute approximate surface area is 233 Å². The van der Waals surface area contributed by atoms with E-state index < -0.39 is 5.25 Å². The van der Waals surface area contributed by atoms with Gasteiger partial charge in [-0.1, -0.05) is 67.6 Å². The van der Waals surface area contributed by atoms with Crippen molar-refractivity contribution in [2.24, 2.45) is 0 Å². The van der Waals surface area contributed by atoms with Crippen LogP contribution >= 0.6 is 11.8 Å². The highest BCUT2D eigenvalue weighted by Crippen LogP contribution is 2.38. The second kappa shape index (κ2) is 13.0. The summed E-state index contributed by atoms with van der Waals surface area (Å²) in [6.07, 6.45) is 0.819. The molecule has 0 spiro atoms. The number of nitrogens with one attached hydrogen (secondary N) is 2. The van der Waals surface area contributed by atoms with Crippen molar-refractivity contribution in [2.75, 3.05) is 24.9 Å². The zero-order chi connectivity index (χ0) is 27.8. The second-order valence-electron chi connectivity index (χ2n) is 8.88. The molecule has 1 unspecified atom stereocenters. The van der Waals surface area contributed by atoms with Crippen molar-refractivity contribution in [1.29, 1.82) is 0 Å². The molecule has 0 aliphatic rings. The lowest BCUT2D eigenvalue weighted by Gasteiger charge is -2.20.